The molecule has 5 heteroatoms. The molecule has 0 aliphatic rings. The lowest BCUT2D eigenvalue weighted by atomic mass is 10.6. The van der Waals surface area contributed by atoms with Crippen molar-refractivity contribution in [3.05, 3.63) is 0 Å². The average molecular weight is 174 g/mol. The molecular weight excluding hydrogens is 160 g/mol. The van der Waals surface area contributed by atoms with E-state index in [0.29, 0.717) is 5.11 Å². The Balaban J connectivity index is 3.77. The topological polar surface area (TPSA) is 53.7 Å². The second-order valence-electron chi connectivity index (χ2n) is 1.88. The number of hydrogen-bond donors (Lipinski definition) is 2. The molecule has 0 aromatic heterocycles. The molecule has 0 atom stereocenters. The molecule has 0 aromatic carbocycles. The van der Waals surface area contributed by atoms with Crippen LogP contribution in [0, 0.1) is 0 Å². The Kier molecular flexibility index (Phi) is 5.46. The summed E-state index contributed by atoms with van der Waals surface area (Å²) in [5.41, 5.74) is 8.15. The van der Waals surface area contributed by atoms with Gasteiger partial charge in [-0.15, -0.1) is 0 Å². The standard InChI is InChI=1S/C6H14N4S/c1-3-8-9-5-10(4-2)6(7)11/h5,8H,3-4H2,1-2H3,(H2,7,11)/b9-5+. The van der Waals surface area contributed by atoms with Crippen LogP contribution in [-0.4, -0.2) is 29.4 Å². The van der Waals surface area contributed by atoms with E-state index in [0.717, 1.165) is 13.1 Å². The maximum absolute atomic E-state index is 5.37. The van der Waals surface area contributed by atoms with E-state index in [1.807, 2.05) is 13.8 Å². The molecular formula is C6H14N4S. The molecule has 0 unspecified atom stereocenters. The van der Waals surface area contributed by atoms with Gasteiger partial charge in [-0.2, -0.15) is 5.10 Å². The Bertz CT molecular complexity index is 146. The first-order valence-corrected chi connectivity index (χ1v) is 3.95. The number of thiocarbonyl (C=S) groups is 1. The third kappa shape index (κ3) is 4.55. The van der Waals surface area contributed by atoms with Crippen molar-refractivity contribution in [2.45, 2.75) is 13.8 Å². The summed E-state index contributed by atoms with van der Waals surface area (Å²) in [6, 6.07) is 0. The van der Waals surface area contributed by atoms with Crippen LogP contribution < -0.4 is 11.2 Å². The van der Waals surface area contributed by atoms with Crippen LogP contribution in [0.25, 0.3) is 0 Å². The van der Waals surface area contributed by atoms with E-state index in [2.05, 4.69) is 10.5 Å². The normalized spacial score (nSPS) is 10.0. The first-order valence-electron chi connectivity index (χ1n) is 3.54. The summed E-state index contributed by atoms with van der Waals surface area (Å²) in [7, 11) is 0. The van der Waals surface area contributed by atoms with Crippen LogP contribution in [0.5, 0.6) is 0 Å². The minimum Gasteiger partial charge on any atom is -0.376 e. The highest BCUT2D eigenvalue weighted by atomic mass is 32.1. The minimum absolute atomic E-state index is 0.342. The highest BCUT2D eigenvalue weighted by Crippen LogP contribution is 1.80. The van der Waals surface area contributed by atoms with Crippen LogP contribution >= 0.6 is 12.2 Å². The number of hydrogen-bond acceptors (Lipinski definition) is 3. The number of nitrogens with zero attached hydrogens (tertiary/aromatic N) is 2. The van der Waals surface area contributed by atoms with Gasteiger partial charge in [-0.05, 0) is 26.1 Å². The van der Waals surface area contributed by atoms with Crippen molar-refractivity contribution in [2.75, 3.05) is 13.1 Å². The van der Waals surface area contributed by atoms with Crippen molar-refractivity contribution in [3.63, 3.8) is 0 Å². The zero-order chi connectivity index (χ0) is 8.69. The Morgan fingerprint density at radius 2 is 2.36 bits per heavy atom. The Hall–Kier alpha value is -0.840. The van der Waals surface area contributed by atoms with E-state index < -0.39 is 0 Å². The van der Waals surface area contributed by atoms with E-state index in [-0.39, 0.29) is 0 Å². The minimum atomic E-state index is 0.342. The Morgan fingerprint density at radius 3 is 2.73 bits per heavy atom. The number of rotatable bonds is 4. The SMILES string of the molecule is CCN/N=C/N(CC)C(N)=S. The van der Waals surface area contributed by atoms with Crippen molar-refractivity contribution in [3.8, 4) is 0 Å². The fourth-order valence-electron chi connectivity index (χ4n) is 0.496. The molecule has 0 fully saturated rings. The quantitative estimate of drug-likeness (QED) is 0.275. The molecule has 0 radical (unpaired) electrons. The predicted octanol–water partition coefficient (Wildman–Crippen LogP) is 0.105. The third-order valence-electron chi connectivity index (χ3n) is 1.07. The second kappa shape index (κ2) is 5.91. The highest BCUT2D eigenvalue weighted by molar-refractivity contribution is 7.80. The maximum atomic E-state index is 5.37. The van der Waals surface area contributed by atoms with Crippen LogP contribution in [-0.2, 0) is 0 Å². The lowest BCUT2D eigenvalue weighted by molar-refractivity contribution is 0.650. The van der Waals surface area contributed by atoms with Crippen molar-refractivity contribution in [2.24, 2.45) is 10.8 Å². The molecule has 0 spiro atoms. The van der Waals surface area contributed by atoms with Gasteiger partial charge in [0, 0.05) is 13.1 Å². The summed E-state index contributed by atoms with van der Waals surface area (Å²) in [4.78, 5) is 1.68. The molecule has 3 N–H and O–H groups in total. The summed E-state index contributed by atoms with van der Waals surface area (Å²) in [6.45, 7) is 5.46. The van der Waals surface area contributed by atoms with E-state index >= 15 is 0 Å². The van der Waals surface area contributed by atoms with Gasteiger partial charge < -0.3 is 16.1 Å². The van der Waals surface area contributed by atoms with Crippen LogP contribution in [0.1, 0.15) is 13.8 Å². The van der Waals surface area contributed by atoms with Crippen molar-refractivity contribution in [1.29, 1.82) is 0 Å². The van der Waals surface area contributed by atoms with Crippen LogP contribution in [0.15, 0.2) is 5.10 Å². The average Bonchev–Trinajstić information content (AvgIpc) is 1.97. The smallest absolute Gasteiger partial charge is 0.171 e. The maximum Gasteiger partial charge on any atom is 0.171 e. The first kappa shape index (κ1) is 10.2. The van der Waals surface area contributed by atoms with Crippen LogP contribution in [0.4, 0.5) is 0 Å². The molecule has 0 bridgehead atoms. The number of hydrazone groups is 1. The van der Waals surface area contributed by atoms with Crippen molar-refractivity contribution < 1.29 is 0 Å². The second-order valence-corrected chi connectivity index (χ2v) is 2.30. The molecule has 0 amide bonds. The predicted molar refractivity (Wildman–Crippen MR) is 51.3 cm³/mol. The molecule has 0 aliphatic carbocycles. The highest BCUT2D eigenvalue weighted by Gasteiger charge is 1.96. The summed E-state index contributed by atoms with van der Waals surface area (Å²) >= 11 is 4.75. The fourth-order valence-corrected chi connectivity index (χ4v) is 0.672. The van der Waals surface area contributed by atoms with Gasteiger partial charge in [0.15, 0.2) is 5.11 Å². The van der Waals surface area contributed by atoms with E-state index in [1.165, 1.54) is 0 Å². The van der Waals surface area contributed by atoms with Gasteiger partial charge in [0.2, 0.25) is 0 Å². The zero-order valence-electron chi connectivity index (χ0n) is 6.87. The van der Waals surface area contributed by atoms with Gasteiger partial charge in [0.05, 0.1) is 0 Å². The van der Waals surface area contributed by atoms with Gasteiger partial charge in [-0.3, -0.25) is 0 Å². The first-order chi connectivity index (χ1) is 5.22. The van der Waals surface area contributed by atoms with Crippen LogP contribution in [0.3, 0.4) is 0 Å². The van der Waals surface area contributed by atoms with Gasteiger partial charge in [0.25, 0.3) is 0 Å². The van der Waals surface area contributed by atoms with Gasteiger partial charge in [-0.25, -0.2) is 0 Å². The molecule has 4 nitrogen and oxygen atoms in total. The molecule has 64 valence electrons. The van der Waals surface area contributed by atoms with Crippen molar-refractivity contribution in [1.82, 2.24) is 10.3 Å². The summed E-state index contributed by atoms with van der Waals surface area (Å²) in [5.74, 6) is 0. The lowest BCUT2D eigenvalue weighted by Gasteiger charge is -2.13. The van der Waals surface area contributed by atoms with Gasteiger partial charge in [0.1, 0.15) is 6.34 Å². The number of nitrogens with two attached hydrogens (primary N) is 1. The van der Waals surface area contributed by atoms with E-state index in [4.69, 9.17) is 18.0 Å². The zero-order valence-corrected chi connectivity index (χ0v) is 7.69. The monoisotopic (exact) mass is 174 g/mol. The van der Waals surface area contributed by atoms with E-state index in [1.54, 1.807) is 11.2 Å². The number of nitrogens with one attached hydrogen (secondary N) is 1. The van der Waals surface area contributed by atoms with Gasteiger partial charge >= 0.3 is 0 Å². The molecule has 0 aromatic rings. The Morgan fingerprint density at radius 1 is 1.73 bits per heavy atom. The summed E-state index contributed by atoms with van der Waals surface area (Å²) in [6.07, 6.45) is 1.59. The van der Waals surface area contributed by atoms with Crippen molar-refractivity contribution >= 4 is 23.7 Å². The largest absolute Gasteiger partial charge is 0.376 e. The molecule has 11 heavy (non-hydrogen) atoms. The summed E-state index contributed by atoms with van der Waals surface area (Å²) in [5, 5.41) is 4.21. The molecule has 0 rings (SSSR count). The van der Waals surface area contributed by atoms with E-state index in [9.17, 15) is 0 Å². The molecule has 0 saturated carbocycles. The Labute approximate surface area is 72.4 Å². The lowest BCUT2D eigenvalue weighted by Crippen LogP contribution is -2.34. The molecule has 0 saturated heterocycles. The molecule has 0 aliphatic heterocycles. The summed E-state index contributed by atoms with van der Waals surface area (Å²) < 4.78 is 0. The fraction of sp³-hybridized carbons (Fsp3) is 0.667. The molecule has 0 heterocycles. The third-order valence-corrected chi connectivity index (χ3v) is 1.30. The van der Waals surface area contributed by atoms with Gasteiger partial charge in [-0.1, -0.05) is 0 Å². The van der Waals surface area contributed by atoms with Crippen LogP contribution in [0.2, 0.25) is 0 Å².